The first-order chi connectivity index (χ1) is 8.83. The smallest absolute Gasteiger partial charge is 0.154 e. The Morgan fingerprint density at radius 1 is 1.33 bits per heavy atom. The zero-order chi connectivity index (χ0) is 12.8. The van der Waals surface area contributed by atoms with E-state index in [1.165, 1.54) is 0 Å². The van der Waals surface area contributed by atoms with E-state index in [1.54, 1.807) is 25.5 Å². The molecule has 0 bridgehead atoms. The van der Waals surface area contributed by atoms with Crippen molar-refractivity contribution in [2.45, 2.75) is 12.6 Å². The maximum Gasteiger partial charge on any atom is 0.154 e. The summed E-state index contributed by atoms with van der Waals surface area (Å²) in [5, 5.41) is 12.2. The van der Waals surface area contributed by atoms with Crippen LogP contribution in [0.4, 0.5) is 0 Å². The van der Waals surface area contributed by atoms with Crippen LogP contribution in [-0.4, -0.2) is 7.11 Å². The topological polar surface area (TPSA) is 58.2 Å². The van der Waals surface area contributed by atoms with Gasteiger partial charge in [0, 0.05) is 6.54 Å². The lowest BCUT2D eigenvalue weighted by Crippen LogP contribution is -2.18. The van der Waals surface area contributed by atoms with Crippen molar-refractivity contribution in [1.29, 1.82) is 5.26 Å². The molecule has 4 nitrogen and oxygen atoms in total. The van der Waals surface area contributed by atoms with Crippen LogP contribution >= 0.6 is 0 Å². The van der Waals surface area contributed by atoms with Crippen molar-refractivity contribution >= 4 is 0 Å². The van der Waals surface area contributed by atoms with Gasteiger partial charge in [0.05, 0.1) is 19.4 Å². The van der Waals surface area contributed by atoms with Crippen molar-refractivity contribution < 1.29 is 9.15 Å². The van der Waals surface area contributed by atoms with Crippen LogP contribution in [0.1, 0.15) is 17.4 Å². The number of furan rings is 1. The molecule has 0 radical (unpaired) electrons. The second-order valence-electron chi connectivity index (χ2n) is 3.81. The van der Waals surface area contributed by atoms with Crippen LogP contribution in [0.3, 0.4) is 0 Å². The van der Waals surface area contributed by atoms with Crippen molar-refractivity contribution in [2.75, 3.05) is 7.11 Å². The highest BCUT2D eigenvalue weighted by Gasteiger charge is 2.12. The molecule has 1 N–H and O–H groups in total. The number of methoxy groups -OCH3 is 1. The lowest BCUT2D eigenvalue weighted by Gasteiger charge is -2.09. The average molecular weight is 242 g/mol. The van der Waals surface area contributed by atoms with E-state index in [9.17, 15) is 0 Å². The Labute approximate surface area is 106 Å². The highest BCUT2D eigenvalue weighted by atomic mass is 16.5. The number of rotatable bonds is 5. The highest BCUT2D eigenvalue weighted by molar-refractivity contribution is 5.27. The standard InChI is InChI=1S/C14H14N2O2/c1-17-12-6-4-11(5-7-12)10-16-13(9-15)14-3-2-8-18-14/h2-8,13,16H,10H2,1H3. The summed E-state index contributed by atoms with van der Waals surface area (Å²) in [6.45, 7) is 0.600. The minimum absolute atomic E-state index is 0.429. The van der Waals surface area contributed by atoms with Gasteiger partial charge in [-0.25, -0.2) is 0 Å². The molecule has 0 aliphatic rings. The van der Waals surface area contributed by atoms with Gasteiger partial charge >= 0.3 is 0 Å². The van der Waals surface area contributed by atoms with Crippen molar-refractivity contribution in [3.05, 3.63) is 54.0 Å². The monoisotopic (exact) mass is 242 g/mol. The Bertz CT molecular complexity index is 512. The number of nitrogens with zero attached hydrogens (tertiary/aromatic N) is 1. The molecule has 0 saturated heterocycles. The summed E-state index contributed by atoms with van der Waals surface area (Å²) in [6.07, 6.45) is 1.56. The minimum atomic E-state index is -0.429. The molecule has 18 heavy (non-hydrogen) atoms. The van der Waals surface area contributed by atoms with Gasteiger partial charge in [-0.1, -0.05) is 12.1 Å². The zero-order valence-electron chi connectivity index (χ0n) is 10.1. The third-order valence-corrected chi connectivity index (χ3v) is 2.63. The summed E-state index contributed by atoms with van der Waals surface area (Å²) in [4.78, 5) is 0. The predicted octanol–water partition coefficient (Wildman–Crippen LogP) is 2.64. The van der Waals surface area contributed by atoms with Gasteiger partial charge in [0.25, 0.3) is 0 Å². The van der Waals surface area contributed by atoms with Crippen LogP contribution in [0.2, 0.25) is 0 Å². The third-order valence-electron chi connectivity index (χ3n) is 2.63. The van der Waals surface area contributed by atoms with Crippen LogP contribution in [0, 0.1) is 11.3 Å². The second kappa shape index (κ2) is 5.89. The first-order valence-electron chi connectivity index (χ1n) is 5.63. The van der Waals surface area contributed by atoms with E-state index in [0.29, 0.717) is 12.3 Å². The van der Waals surface area contributed by atoms with Gasteiger partial charge < -0.3 is 9.15 Å². The van der Waals surface area contributed by atoms with E-state index in [2.05, 4.69) is 11.4 Å². The molecule has 1 heterocycles. The van der Waals surface area contributed by atoms with Crippen LogP contribution in [0.25, 0.3) is 0 Å². The summed E-state index contributed by atoms with van der Waals surface area (Å²) in [5.41, 5.74) is 1.09. The van der Waals surface area contributed by atoms with Gasteiger partial charge in [0.2, 0.25) is 0 Å². The number of benzene rings is 1. The molecule has 1 aromatic carbocycles. The van der Waals surface area contributed by atoms with E-state index in [0.717, 1.165) is 11.3 Å². The average Bonchev–Trinajstić information content (AvgIpc) is 2.94. The quantitative estimate of drug-likeness (QED) is 0.875. The molecule has 0 aliphatic heterocycles. The van der Waals surface area contributed by atoms with Crippen LogP contribution < -0.4 is 10.1 Å². The van der Waals surface area contributed by atoms with Crippen LogP contribution in [-0.2, 0) is 6.54 Å². The van der Waals surface area contributed by atoms with Gasteiger partial charge in [-0.3, -0.25) is 5.32 Å². The Balaban J connectivity index is 1.96. The molecule has 0 saturated carbocycles. The molecule has 2 rings (SSSR count). The first kappa shape index (κ1) is 12.2. The fraction of sp³-hybridized carbons (Fsp3) is 0.214. The first-order valence-corrected chi connectivity index (χ1v) is 5.63. The fourth-order valence-electron chi connectivity index (χ4n) is 1.63. The van der Waals surface area contributed by atoms with E-state index in [1.807, 2.05) is 24.3 Å². The number of hydrogen-bond donors (Lipinski definition) is 1. The van der Waals surface area contributed by atoms with Gasteiger partial charge in [-0.05, 0) is 29.8 Å². The second-order valence-corrected chi connectivity index (χ2v) is 3.81. The maximum absolute atomic E-state index is 9.07. The Kier molecular flexibility index (Phi) is 4.00. The van der Waals surface area contributed by atoms with E-state index >= 15 is 0 Å². The fourth-order valence-corrected chi connectivity index (χ4v) is 1.63. The third kappa shape index (κ3) is 2.90. The minimum Gasteiger partial charge on any atom is -0.497 e. The SMILES string of the molecule is COc1ccc(CNC(C#N)c2ccco2)cc1. The van der Waals surface area contributed by atoms with Crippen LogP contribution in [0.5, 0.6) is 5.75 Å². The molecule has 1 aromatic heterocycles. The van der Waals surface area contributed by atoms with E-state index in [-0.39, 0.29) is 0 Å². The van der Waals surface area contributed by atoms with Crippen molar-refractivity contribution in [2.24, 2.45) is 0 Å². The highest BCUT2D eigenvalue weighted by Crippen LogP contribution is 2.15. The number of hydrogen-bond acceptors (Lipinski definition) is 4. The lowest BCUT2D eigenvalue weighted by molar-refractivity contribution is 0.414. The molecular formula is C14H14N2O2. The predicted molar refractivity (Wildman–Crippen MR) is 66.9 cm³/mol. The normalized spacial score (nSPS) is 11.8. The molecule has 0 spiro atoms. The van der Waals surface area contributed by atoms with Gasteiger partial charge in [-0.15, -0.1) is 0 Å². The molecule has 0 amide bonds. The van der Waals surface area contributed by atoms with Crippen molar-refractivity contribution in [3.8, 4) is 11.8 Å². The summed E-state index contributed by atoms with van der Waals surface area (Å²) < 4.78 is 10.3. The number of ether oxygens (including phenoxy) is 1. The summed E-state index contributed by atoms with van der Waals surface area (Å²) in [5.74, 6) is 1.45. The zero-order valence-corrected chi connectivity index (χ0v) is 10.1. The summed E-state index contributed by atoms with van der Waals surface area (Å²) in [7, 11) is 1.63. The lowest BCUT2D eigenvalue weighted by atomic mass is 10.2. The molecule has 92 valence electrons. The van der Waals surface area contributed by atoms with Crippen molar-refractivity contribution in [3.63, 3.8) is 0 Å². The van der Waals surface area contributed by atoms with Gasteiger partial charge in [-0.2, -0.15) is 5.26 Å². The summed E-state index contributed by atoms with van der Waals surface area (Å²) >= 11 is 0. The van der Waals surface area contributed by atoms with Crippen molar-refractivity contribution in [1.82, 2.24) is 5.32 Å². The van der Waals surface area contributed by atoms with E-state index in [4.69, 9.17) is 14.4 Å². The summed E-state index contributed by atoms with van der Waals surface area (Å²) in [6, 6.07) is 13.0. The molecule has 1 unspecified atom stereocenters. The number of nitriles is 1. The Morgan fingerprint density at radius 3 is 2.67 bits per heavy atom. The molecular weight excluding hydrogens is 228 g/mol. The molecule has 4 heteroatoms. The number of nitrogens with one attached hydrogen (secondary N) is 1. The van der Waals surface area contributed by atoms with Crippen LogP contribution in [0.15, 0.2) is 47.1 Å². The van der Waals surface area contributed by atoms with E-state index < -0.39 is 6.04 Å². The molecule has 0 aliphatic carbocycles. The molecule has 1 atom stereocenters. The molecule has 0 fully saturated rings. The largest absolute Gasteiger partial charge is 0.497 e. The Morgan fingerprint density at radius 2 is 2.11 bits per heavy atom. The van der Waals surface area contributed by atoms with Gasteiger partial charge in [0.1, 0.15) is 11.5 Å². The maximum atomic E-state index is 9.07. The van der Waals surface area contributed by atoms with Gasteiger partial charge in [0.15, 0.2) is 6.04 Å². The molecule has 2 aromatic rings. The Hall–Kier alpha value is -2.25.